The third kappa shape index (κ3) is 4.96. The van der Waals surface area contributed by atoms with E-state index in [0.29, 0.717) is 11.4 Å². The van der Waals surface area contributed by atoms with E-state index in [9.17, 15) is 13.0 Å². The second-order valence-corrected chi connectivity index (χ2v) is 9.31. The minimum absolute atomic E-state index is 0.211. The van der Waals surface area contributed by atoms with Crippen LogP contribution in [0.4, 0.5) is 28.4 Å². The molecule has 0 saturated carbocycles. The molecule has 0 heterocycles. The molecule has 0 aliphatic heterocycles. The van der Waals surface area contributed by atoms with Crippen molar-refractivity contribution in [3.05, 3.63) is 121 Å². The van der Waals surface area contributed by atoms with Gasteiger partial charge in [0, 0.05) is 34.4 Å². The Morgan fingerprint density at radius 3 is 2.09 bits per heavy atom. The van der Waals surface area contributed by atoms with Crippen LogP contribution >= 0.6 is 0 Å². The summed E-state index contributed by atoms with van der Waals surface area (Å²) < 4.78 is 35.5. The third-order valence-electron chi connectivity index (χ3n) is 5.53. The van der Waals surface area contributed by atoms with Gasteiger partial charge in [0.15, 0.2) is 0 Å². The summed E-state index contributed by atoms with van der Waals surface area (Å²) in [5, 5.41) is 10.2. The van der Waals surface area contributed by atoms with E-state index in [2.05, 4.69) is 5.32 Å². The molecule has 0 aliphatic rings. The first-order valence-electron chi connectivity index (χ1n) is 11.0. The lowest BCUT2D eigenvalue weighted by Crippen LogP contribution is -2.06. The lowest BCUT2D eigenvalue weighted by atomic mass is 10.1. The molecule has 35 heavy (non-hydrogen) atoms. The monoisotopic (exact) mass is 480 g/mol. The van der Waals surface area contributed by atoms with Crippen molar-refractivity contribution >= 4 is 49.3 Å². The van der Waals surface area contributed by atoms with Crippen LogP contribution in [0.5, 0.6) is 0 Å². The zero-order chi connectivity index (χ0) is 24.3. The zero-order valence-electron chi connectivity index (χ0n) is 18.6. The number of benzene rings is 5. The predicted octanol–water partition coefficient (Wildman–Crippen LogP) is 7.45. The summed E-state index contributed by atoms with van der Waals surface area (Å²) in [6, 6.07) is 37.3. The summed E-state index contributed by atoms with van der Waals surface area (Å²) >= 11 is 0. The average Bonchev–Trinajstić information content (AvgIpc) is 2.88. The van der Waals surface area contributed by atoms with Crippen molar-refractivity contribution in [3.8, 4) is 0 Å². The molecule has 0 spiro atoms. The number of para-hydroxylation sites is 1. The molecule has 0 saturated heterocycles. The van der Waals surface area contributed by atoms with Crippen LogP contribution in [0.15, 0.2) is 131 Å². The molecule has 0 atom stereocenters. The van der Waals surface area contributed by atoms with Gasteiger partial charge in [-0.1, -0.05) is 72.8 Å². The van der Waals surface area contributed by atoms with Crippen molar-refractivity contribution in [3.63, 3.8) is 0 Å². The molecule has 0 amide bonds. The highest BCUT2D eigenvalue weighted by molar-refractivity contribution is 7.85. The summed E-state index contributed by atoms with van der Waals surface area (Å²) in [7, 11) is -4.42. The van der Waals surface area contributed by atoms with Gasteiger partial charge in [-0.2, -0.15) is 8.42 Å². The number of rotatable bonds is 6. The molecule has 6 nitrogen and oxygen atoms in total. The fraction of sp³-hybridized carbons (Fsp3) is 0. The van der Waals surface area contributed by atoms with Gasteiger partial charge in [-0.15, -0.1) is 0 Å². The number of nitrogens with one attached hydrogen (secondary N) is 1. The SMILES string of the molecule is O=S(=O)(O)c1ccc([N+](=Nc2ccccc2)c2ccccc2)c(Nc2cccc3ccccc23)c1. The molecule has 7 heteroatoms. The highest BCUT2D eigenvalue weighted by atomic mass is 32.2. The highest BCUT2D eigenvalue weighted by Crippen LogP contribution is 2.36. The molecule has 172 valence electrons. The Hall–Kier alpha value is -4.33. The second kappa shape index (κ2) is 9.50. The van der Waals surface area contributed by atoms with Gasteiger partial charge in [0.05, 0.1) is 4.90 Å². The van der Waals surface area contributed by atoms with Crippen LogP contribution in [0.2, 0.25) is 0 Å². The number of hydrogen-bond donors (Lipinski definition) is 2. The second-order valence-electron chi connectivity index (χ2n) is 7.89. The number of anilines is 2. The smallest absolute Gasteiger partial charge is 0.294 e. The molecule has 0 radical (unpaired) electrons. The molecular formula is C28H22N3O3S+. The van der Waals surface area contributed by atoms with Crippen LogP contribution in [0.25, 0.3) is 10.8 Å². The van der Waals surface area contributed by atoms with Gasteiger partial charge in [-0.25, -0.2) is 0 Å². The van der Waals surface area contributed by atoms with Crippen LogP contribution in [-0.2, 0) is 10.1 Å². The number of fused-ring (bicyclic) bond motifs is 1. The minimum Gasteiger partial charge on any atom is -0.349 e. The molecule has 2 N–H and O–H groups in total. The van der Waals surface area contributed by atoms with Gasteiger partial charge < -0.3 is 5.32 Å². The Kier molecular flexibility index (Phi) is 6.10. The van der Waals surface area contributed by atoms with Gasteiger partial charge in [-0.3, -0.25) is 4.55 Å². The maximum atomic E-state index is 12.0. The first kappa shape index (κ1) is 22.5. The normalized spacial score (nSPS) is 12.0. The molecule has 0 aliphatic carbocycles. The Labute approximate surface area is 203 Å². The molecule has 0 aromatic heterocycles. The van der Waals surface area contributed by atoms with Crippen LogP contribution < -0.4 is 10.0 Å². The third-order valence-corrected chi connectivity index (χ3v) is 6.38. The van der Waals surface area contributed by atoms with E-state index >= 15 is 0 Å². The Morgan fingerprint density at radius 2 is 1.34 bits per heavy atom. The predicted molar refractivity (Wildman–Crippen MR) is 140 cm³/mol. The molecule has 0 unspecified atom stereocenters. The van der Waals surface area contributed by atoms with E-state index in [1.54, 1.807) is 10.8 Å². The number of azo groups is 2. The summed E-state index contributed by atoms with van der Waals surface area (Å²) in [6.45, 7) is 0. The maximum Gasteiger partial charge on any atom is 0.294 e. The average molecular weight is 481 g/mol. The minimum atomic E-state index is -4.42. The molecule has 5 rings (SSSR count). The largest absolute Gasteiger partial charge is 0.349 e. The first-order chi connectivity index (χ1) is 17.0. The Balaban J connectivity index is 1.73. The van der Waals surface area contributed by atoms with Crippen molar-refractivity contribution in [2.24, 2.45) is 5.11 Å². The topological polar surface area (TPSA) is 81.8 Å². The fourth-order valence-electron chi connectivity index (χ4n) is 3.87. The fourth-order valence-corrected chi connectivity index (χ4v) is 4.38. The van der Waals surface area contributed by atoms with Gasteiger partial charge in [0.25, 0.3) is 15.8 Å². The van der Waals surface area contributed by atoms with Gasteiger partial charge >= 0.3 is 0 Å². The summed E-state index contributed by atoms with van der Waals surface area (Å²) in [5.41, 5.74) is 3.40. The number of hydrogen-bond acceptors (Lipinski definition) is 4. The van der Waals surface area contributed by atoms with Crippen molar-refractivity contribution in [1.29, 1.82) is 0 Å². The van der Waals surface area contributed by atoms with Crippen LogP contribution in [0.1, 0.15) is 0 Å². The van der Waals surface area contributed by atoms with Gasteiger partial charge in [-0.05, 0) is 40.4 Å². The van der Waals surface area contributed by atoms with E-state index < -0.39 is 10.1 Å². The van der Waals surface area contributed by atoms with E-state index in [4.69, 9.17) is 5.11 Å². The van der Waals surface area contributed by atoms with Gasteiger partial charge in [0.1, 0.15) is 11.4 Å². The van der Waals surface area contributed by atoms with Crippen LogP contribution in [-0.4, -0.2) is 13.0 Å². The lowest BCUT2D eigenvalue weighted by molar-refractivity contribution is 0.483. The lowest BCUT2D eigenvalue weighted by Gasteiger charge is -2.13. The molecule has 0 fully saturated rings. The van der Waals surface area contributed by atoms with Crippen molar-refractivity contribution in [2.75, 3.05) is 5.32 Å². The summed E-state index contributed by atoms with van der Waals surface area (Å²) in [4.78, 5) is -0.211. The standard InChI is InChI=1S/C28H21N3O3S/c32-35(33,34)24-18-19-28(27(20-24)29-26-17-9-11-21-10-7-8-16-25(21)26)31(23-14-5-2-6-15-23)30-22-12-3-1-4-13-22/h1-20,29H/p+1. The zero-order valence-corrected chi connectivity index (χ0v) is 19.4. The van der Waals surface area contributed by atoms with E-state index in [1.807, 2.05) is 103 Å². The van der Waals surface area contributed by atoms with Crippen molar-refractivity contribution in [2.45, 2.75) is 4.90 Å². The highest BCUT2D eigenvalue weighted by Gasteiger charge is 2.24. The maximum absolute atomic E-state index is 12.0. The Morgan fingerprint density at radius 1 is 0.686 bits per heavy atom. The molecule has 5 aromatic rings. The number of nitrogens with zero attached hydrogens (tertiary/aromatic N) is 2. The van der Waals surface area contributed by atoms with Gasteiger partial charge in [0.2, 0.25) is 5.69 Å². The van der Waals surface area contributed by atoms with Crippen LogP contribution in [0, 0.1) is 0 Å². The summed E-state index contributed by atoms with van der Waals surface area (Å²) in [6.07, 6.45) is 0. The first-order valence-corrected chi connectivity index (χ1v) is 12.4. The summed E-state index contributed by atoms with van der Waals surface area (Å²) in [5.74, 6) is 0. The quantitative estimate of drug-likeness (QED) is 0.150. The van der Waals surface area contributed by atoms with E-state index in [0.717, 1.165) is 27.8 Å². The molecule has 5 aromatic carbocycles. The van der Waals surface area contributed by atoms with Crippen LogP contribution in [0.3, 0.4) is 0 Å². The van der Waals surface area contributed by atoms with E-state index in [-0.39, 0.29) is 4.90 Å². The van der Waals surface area contributed by atoms with Crippen molar-refractivity contribution in [1.82, 2.24) is 4.70 Å². The molecular weight excluding hydrogens is 458 g/mol. The Bertz CT molecular complexity index is 1630. The van der Waals surface area contributed by atoms with E-state index in [1.165, 1.54) is 12.1 Å². The molecule has 0 bridgehead atoms. The van der Waals surface area contributed by atoms with Crippen molar-refractivity contribution < 1.29 is 13.0 Å².